The van der Waals surface area contributed by atoms with Crippen molar-refractivity contribution in [1.82, 2.24) is 9.97 Å². The second kappa shape index (κ2) is 8.60. The van der Waals surface area contributed by atoms with E-state index < -0.39 is 0 Å². The van der Waals surface area contributed by atoms with E-state index in [1.807, 2.05) is 35.1 Å². The molecule has 0 aliphatic rings. The Bertz CT molecular complexity index is 956. The van der Waals surface area contributed by atoms with E-state index in [9.17, 15) is 0 Å². The molecular weight excluding hydrogens is 404 g/mol. The third-order valence-electron chi connectivity index (χ3n) is 7.04. The molecule has 2 N–H and O–H groups in total. The van der Waals surface area contributed by atoms with Gasteiger partial charge in [0, 0.05) is 54.1 Å². The van der Waals surface area contributed by atoms with Gasteiger partial charge in [-0.15, -0.1) is 22.7 Å². The van der Waals surface area contributed by atoms with Crippen LogP contribution in [0.25, 0.3) is 9.75 Å². The molecule has 30 heavy (non-hydrogen) atoms. The van der Waals surface area contributed by atoms with Gasteiger partial charge >= 0.3 is 0 Å². The van der Waals surface area contributed by atoms with Crippen molar-refractivity contribution in [3.63, 3.8) is 0 Å². The zero-order valence-electron chi connectivity index (χ0n) is 18.4. The minimum Gasteiger partial charge on any atom is -0.364 e. The maximum absolute atomic E-state index is 3.49. The molecule has 158 valence electrons. The molecule has 4 heterocycles. The van der Waals surface area contributed by atoms with Gasteiger partial charge in [0.15, 0.2) is 0 Å². The molecule has 0 saturated carbocycles. The van der Waals surface area contributed by atoms with Crippen LogP contribution in [-0.4, -0.2) is 9.97 Å². The number of aromatic nitrogens is 2. The third kappa shape index (κ3) is 3.30. The molecule has 0 aliphatic carbocycles. The second-order valence-electron chi connectivity index (χ2n) is 8.07. The highest BCUT2D eigenvalue weighted by Gasteiger charge is 2.35. The molecule has 0 aliphatic heterocycles. The Morgan fingerprint density at radius 3 is 1.30 bits per heavy atom. The molecule has 0 saturated heterocycles. The lowest BCUT2D eigenvalue weighted by Crippen LogP contribution is -2.25. The van der Waals surface area contributed by atoms with Gasteiger partial charge < -0.3 is 9.97 Å². The second-order valence-corrected chi connectivity index (χ2v) is 10.2. The van der Waals surface area contributed by atoms with Crippen molar-refractivity contribution in [2.45, 2.75) is 64.2 Å². The first-order valence-corrected chi connectivity index (χ1v) is 12.8. The smallest absolute Gasteiger partial charge is 0.0445 e. The number of thiophene rings is 2. The predicted molar refractivity (Wildman–Crippen MR) is 132 cm³/mol. The van der Waals surface area contributed by atoms with Crippen LogP contribution in [0.3, 0.4) is 0 Å². The van der Waals surface area contributed by atoms with E-state index in [4.69, 9.17) is 0 Å². The summed E-state index contributed by atoms with van der Waals surface area (Å²) >= 11 is 3.92. The van der Waals surface area contributed by atoms with Gasteiger partial charge in [-0.05, 0) is 74.2 Å². The van der Waals surface area contributed by atoms with Gasteiger partial charge in [-0.2, -0.15) is 0 Å². The average molecular weight is 437 g/mol. The molecule has 2 nitrogen and oxygen atoms in total. The monoisotopic (exact) mass is 436 g/mol. The first kappa shape index (κ1) is 21.2. The normalized spacial score (nSPS) is 12.5. The lowest BCUT2D eigenvalue weighted by atomic mass is 9.78. The Morgan fingerprint density at radius 2 is 1.00 bits per heavy atom. The van der Waals surface area contributed by atoms with Crippen LogP contribution in [0.15, 0.2) is 60.9 Å². The van der Waals surface area contributed by atoms with Crippen LogP contribution in [0.4, 0.5) is 0 Å². The number of rotatable bonds is 9. The summed E-state index contributed by atoms with van der Waals surface area (Å²) in [4.78, 5) is 12.7. The zero-order valence-corrected chi connectivity index (χ0v) is 20.1. The maximum Gasteiger partial charge on any atom is 0.0445 e. The van der Waals surface area contributed by atoms with Gasteiger partial charge in [-0.25, -0.2) is 0 Å². The number of hydrogen-bond donors (Lipinski definition) is 2. The lowest BCUT2D eigenvalue weighted by molar-refractivity contribution is 0.476. The van der Waals surface area contributed by atoms with Crippen molar-refractivity contribution in [3.05, 3.63) is 82.1 Å². The summed E-state index contributed by atoms with van der Waals surface area (Å²) in [5, 5.41) is 0. The van der Waals surface area contributed by atoms with Gasteiger partial charge in [-0.3, -0.25) is 0 Å². The van der Waals surface area contributed by atoms with Crippen molar-refractivity contribution in [2.24, 2.45) is 0 Å². The van der Waals surface area contributed by atoms with Gasteiger partial charge in [0.2, 0.25) is 0 Å². The number of hydrogen-bond acceptors (Lipinski definition) is 2. The van der Waals surface area contributed by atoms with E-state index in [0.29, 0.717) is 0 Å². The SMILES string of the molecule is CCC(CC)(c1ccc[nH]1)c1ccc(-c2ccc(C(CC)(CC)c3ccc[nH]3)s2)s1. The molecule has 0 aromatic carbocycles. The summed E-state index contributed by atoms with van der Waals surface area (Å²) in [6, 6.07) is 18.1. The largest absolute Gasteiger partial charge is 0.364 e. The maximum atomic E-state index is 3.49. The van der Waals surface area contributed by atoms with E-state index >= 15 is 0 Å². The molecule has 4 aromatic heterocycles. The van der Waals surface area contributed by atoms with Crippen LogP contribution in [-0.2, 0) is 10.8 Å². The molecule has 4 rings (SSSR count). The van der Waals surface area contributed by atoms with Gasteiger partial charge in [-0.1, -0.05) is 27.7 Å². The van der Waals surface area contributed by atoms with Crippen LogP contribution in [0, 0.1) is 0 Å². The summed E-state index contributed by atoms with van der Waals surface area (Å²) in [6.07, 6.45) is 8.49. The van der Waals surface area contributed by atoms with E-state index in [1.54, 1.807) is 0 Å². The molecule has 0 spiro atoms. The van der Waals surface area contributed by atoms with E-state index in [2.05, 4.69) is 86.2 Å². The van der Waals surface area contributed by atoms with Crippen LogP contribution in [0.5, 0.6) is 0 Å². The Kier molecular flexibility index (Phi) is 6.08. The van der Waals surface area contributed by atoms with E-state index in [0.717, 1.165) is 25.7 Å². The quantitative estimate of drug-likeness (QED) is 0.264. The van der Waals surface area contributed by atoms with Crippen LogP contribution >= 0.6 is 22.7 Å². The molecule has 0 unspecified atom stereocenters. The van der Waals surface area contributed by atoms with Crippen molar-refractivity contribution >= 4 is 22.7 Å². The summed E-state index contributed by atoms with van der Waals surface area (Å²) in [5.74, 6) is 0. The number of nitrogens with one attached hydrogen (secondary N) is 2. The highest BCUT2D eigenvalue weighted by Crippen LogP contribution is 2.47. The molecule has 0 amide bonds. The predicted octanol–water partition coefficient (Wildman–Crippen LogP) is 8.35. The standard InChI is InChI=1S/C26H32N2S2/c1-5-25(6-2,21-11-9-17-27-21)23-15-13-19(29-23)20-14-16-24(30-20)26(7-3,8-4)22-12-10-18-28-22/h9-18,27-28H,5-8H2,1-4H3. The average Bonchev–Trinajstić information content (AvgIpc) is 3.59. The van der Waals surface area contributed by atoms with Crippen LogP contribution < -0.4 is 0 Å². The Morgan fingerprint density at radius 1 is 0.600 bits per heavy atom. The molecular formula is C26H32N2S2. The van der Waals surface area contributed by atoms with E-state index in [1.165, 1.54) is 30.9 Å². The van der Waals surface area contributed by atoms with Gasteiger partial charge in [0.25, 0.3) is 0 Å². The molecule has 0 fully saturated rings. The van der Waals surface area contributed by atoms with Gasteiger partial charge in [0.1, 0.15) is 0 Å². The van der Waals surface area contributed by atoms with Crippen molar-refractivity contribution in [1.29, 1.82) is 0 Å². The van der Waals surface area contributed by atoms with Crippen molar-refractivity contribution in [2.75, 3.05) is 0 Å². The Labute approximate surface area is 188 Å². The van der Waals surface area contributed by atoms with Crippen molar-refractivity contribution in [3.8, 4) is 9.75 Å². The zero-order chi connectivity index (χ0) is 21.2. The van der Waals surface area contributed by atoms with Crippen LogP contribution in [0.1, 0.15) is 74.5 Å². The molecule has 0 atom stereocenters. The highest BCUT2D eigenvalue weighted by atomic mass is 32.1. The summed E-state index contributed by atoms with van der Waals surface area (Å²) in [7, 11) is 0. The Balaban J connectivity index is 1.71. The number of aromatic amines is 2. The molecule has 0 bridgehead atoms. The fraction of sp³-hybridized carbons (Fsp3) is 0.385. The fourth-order valence-electron chi connectivity index (χ4n) is 4.94. The molecule has 4 aromatic rings. The lowest BCUT2D eigenvalue weighted by Gasteiger charge is -2.30. The first-order valence-electron chi connectivity index (χ1n) is 11.1. The number of H-pyrrole nitrogens is 2. The van der Waals surface area contributed by atoms with Crippen LogP contribution in [0.2, 0.25) is 0 Å². The highest BCUT2D eigenvalue weighted by molar-refractivity contribution is 7.22. The minimum atomic E-state index is 0.0767. The summed E-state index contributed by atoms with van der Waals surface area (Å²) < 4.78 is 0. The Hall–Kier alpha value is -2.04. The fourth-order valence-corrected chi connectivity index (χ4v) is 7.73. The summed E-state index contributed by atoms with van der Waals surface area (Å²) in [6.45, 7) is 9.22. The van der Waals surface area contributed by atoms with Crippen molar-refractivity contribution < 1.29 is 0 Å². The van der Waals surface area contributed by atoms with E-state index in [-0.39, 0.29) is 10.8 Å². The third-order valence-corrected chi connectivity index (χ3v) is 9.81. The minimum absolute atomic E-state index is 0.0767. The topological polar surface area (TPSA) is 31.6 Å². The van der Waals surface area contributed by atoms with Gasteiger partial charge in [0.05, 0.1) is 0 Å². The first-order chi connectivity index (χ1) is 14.6. The molecule has 4 heteroatoms. The molecule has 0 radical (unpaired) electrons. The summed E-state index contributed by atoms with van der Waals surface area (Å²) in [5.41, 5.74) is 2.81.